The second kappa shape index (κ2) is 11.7. The molecule has 0 radical (unpaired) electrons. The van der Waals surface area contributed by atoms with Crippen LogP contribution in [0.25, 0.3) is 0 Å². The fourth-order valence-electron chi connectivity index (χ4n) is 2.65. The molecule has 1 amide bonds. The molecule has 5 atom stereocenters. The maximum absolute atomic E-state index is 11.3. The minimum absolute atomic E-state index is 0.324. The molecule has 0 aromatic heterocycles. The summed E-state index contributed by atoms with van der Waals surface area (Å²) in [4.78, 5) is 11.3. The van der Waals surface area contributed by atoms with Crippen LogP contribution in [-0.2, 0) is 19.0 Å². The van der Waals surface area contributed by atoms with E-state index in [0.717, 1.165) is 0 Å². The second-order valence-electron chi connectivity index (χ2n) is 5.76. The van der Waals surface area contributed by atoms with Crippen LogP contribution in [0.1, 0.15) is 19.8 Å². The molecular weight excluding hydrogens is 320 g/mol. The van der Waals surface area contributed by atoms with Crippen molar-refractivity contribution in [1.29, 1.82) is 0 Å². The minimum Gasteiger partial charge on any atom is -0.394 e. The summed E-state index contributed by atoms with van der Waals surface area (Å²) in [5, 5.41) is 31.9. The normalized spacial score (nSPS) is 30.3. The van der Waals surface area contributed by atoms with E-state index in [1.54, 1.807) is 0 Å². The molecule has 1 heterocycles. The Morgan fingerprint density at radius 3 is 2.38 bits per heavy atom. The van der Waals surface area contributed by atoms with E-state index in [9.17, 15) is 20.1 Å². The molecule has 0 spiro atoms. The van der Waals surface area contributed by atoms with Crippen LogP contribution in [0.5, 0.6) is 0 Å². The van der Waals surface area contributed by atoms with Gasteiger partial charge in [-0.25, -0.2) is 0 Å². The molecule has 0 aromatic rings. The smallest absolute Gasteiger partial charge is 0.217 e. The molecule has 24 heavy (non-hydrogen) atoms. The predicted molar refractivity (Wildman–Crippen MR) is 85.3 cm³/mol. The Morgan fingerprint density at radius 1 is 1.12 bits per heavy atom. The minimum atomic E-state index is -1.25. The lowest BCUT2D eigenvalue weighted by atomic mass is 9.90. The van der Waals surface area contributed by atoms with Crippen LogP contribution in [-0.4, -0.2) is 91.3 Å². The van der Waals surface area contributed by atoms with Gasteiger partial charge in [0.2, 0.25) is 5.91 Å². The summed E-state index contributed by atoms with van der Waals surface area (Å²) in [5.74, 6) is -0.324. The third-order valence-electron chi connectivity index (χ3n) is 3.81. The Kier molecular flexibility index (Phi) is 10.3. The van der Waals surface area contributed by atoms with E-state index < -0.39 is 37.1 Å². The zero-order valence-corrected chi connectivity index (χ0v) is 14.1. The van der Waals surface area contributed by atoms with E-state index in [0.29, 0.717) is 45.8 Å². The first-order valence-corrected chi connectivity index (χ1v) is 8.26. The van der Waals surface area contributed by atoms with E-state index >= 15 is 0 Å². The first-order chi connectivity index (χ1) is 11.5. The molecule has 9 heteroatoms. The molecule has 1 aliphatic heterocycles. The van der Waals surface area contributed by atoms with Crippen molar-refractivity contribution in [3.8, 4) is 0 Å². The van der Waals surface area contributed by atoms with Crippen molar-refractivity contribution in [1.82, 2.24) is 5.32 Å². The van der Waals surface area contributed by atoms with Gasteiger partial charge >= 0.3 is 0 Å². The highest BCUT2D eigenvalue weighted by atomic mass is 16.5. The lowest BCUT2D eigenvalue weighted by molar-refractivity contribution is -0.197. The third-order valence-corrected chi connectivity index (χ3v) is 3.81. The average molecular weight is 350 g/mol. The Balaban J connectivity index is 2.39. The number of amides is 1. The Bertz CT molecular complexity index is 359. The number of hydrogen-bond donors (Lipinski definition) is 5. The fraction of sp³-hybridized carbons (Fsp3) is 0.933. The van der Waals surface area contributed by atoms with Crippen molar-refractivity contribution in [3.63, 3.8) is 0 Å². The van der Waals surface area contributed by atoms with Crippen molar-refractivity contribution in [2.24, 2.45) is 5.73 Å². The molecule has 1 fully saturated rings. The molecule has 0 aliphatic carbocycles. The van der Waals surface area contributed by atoms with E-state index in [1.165, 1.54) is 6.92 Å². The van der Waals surface area contributed by atoms with Gasteiger partial charge in [-0.1, -0.05) is 0 Å². The molecule has 1 aliphatic rings. The van der Waals surface area contributed by atoms with Gasteiger partial charge in [-0.3, -0.25) is 4.79 Å². The first-order valence-electron chi connectivity index (χ1n) is 8.26. The zero-order chi connectivity index (χ0) is 17.9. The number of carbonyl (C=O) groups excluding carboxylic acids is 1. The number of aliphatic hydroxyl groups is 3. The van der Waals surface area contributed by atoms with Gasteiger partial charge in [0.1, 0.15) is 18.3 Å². The summed E-state index contributed by atoms with van der Waals surface area (Å²) in [6.45, 7) is 3.31. The van der Waals surface area contributed by atoms with Crippen LogP contribution in [0.4, 0.5) is 0 Å². The maximum Gasteiger partial charge on any atom is 0.217 e. The van der Waals surface area contributed by atoms with Gasteiger partial charge < -0.3 is 40.6 Å². The van der Waals surface area contributed by atoms with Crippen molar-refractivity contribution < 1.29 is 34.3 Å². The van der Waals surface area contributed by atoms with Gasteiger partial charge in [-0.15, -0.1) is 0 Å². The molecule has 1 rings (SSSR count). The Labute approximate surface area is 142 Å². The van der Waals surface area contributed by atoms with E-state index in [2.05, 4.69) is 5.32 Å². The van der Waals surface area contributed by atoms with Gasteiger partial charge in [-0.05, 0) is 12.8 Å². The van der Waals surface area contributed by atoms with Crippen LogP contribution < -0.4 is 11.1 Å². The molecule has 1 unspecified atom stereocenters. The maximum atomic E-state index is 11.3. The largest absolute Gasteiger partial charge is 0.394 e. The average Bonchev–Trinajstić information content (AvgIpc) is 2.55. The van der Waals surface area contributed by atoms with E-state index in [4.69, 9.17) is 19.9 Å². The third kappa shape index (κ3) is 6.98. The van der Waals surface area contributed by atoms with Crippen LogP contribution in [0.15, 0.2) is 0 Å². The first kappa shape index (κ1) is 21.2. The van der Waals surface area contributed by atoms with Crippen molar-refractivity contribution in [2.45, 2.75) is 50.2 Å². The lowest BCUT2D eigenvalue weighted by Gasteiger charge is -2.42. The van der Waals surface area contributed by atoms with Crippen LogP contribution in [0.2, 0.25) is 0 Å². The van der Waals surface area contributed by atoms with Crippen molar-refractivity contribution >= 4 is 5.91 Å². The summed E-state index contributed by atoms with van der Waals surface area (Å²) in [5.41, 5.74) is 5.30. The molecule has 0 bridgehead atoms. The van der Waals surface area contributed by atoms with Crippen LogP contribution >= 0.6 is 0 Å². The van der Waals surface area contributed by atoms with Gasteiger partial charge in [0.15, 0.2) is 0 Å². The summed E-state index contributed by atoms with van der Waals surface area (Å²) in [6, 6.07) is -0.729. The Hall–Kier alpha value is -0.810. The standard InChI is InChI=1S/C15H30N2O7/c1-10(19)17-13-11(24-12(9-18)14(20)15(13)21)3-2-5-22-7-8-23-6-4-16/h11-15,18,20-21H,2-9,16H2,1H3,(H,17,19)/t11-,12-,13?,14+,15-/m1/s1. The van der Waals surface area contributed by atoms with E-state index in [-0.39, 0.29) is 5.91 Å². The highest BCUT2D eigenvalue weighted by molar-refractivity contribution is 5.73. The quantitative estimate of drug-likeness (QED) is 0.263. The molecule has 9 nitrogen and oxygen atoms in total. The topological polar surface area (TPSA) is 144 Å². The summed E-state index contributed by atoms with van der Waals surface area (Å²) in [7, 11) is 0. The molecular formula is C15H30N2O7. The number of hydrogen-bond acceptors (Lipinski definition) is 8. The number of ether oxygens (including phenoxy) is 3. The molecule has 0 saturated carbocycles. The lowest BCUT2D eigenvalue weighted by Crippen LogP contribution is -2.63. The van der Waals surface area contributed by atoms with Gasteiger partial charge in [0.25, 0.3) is 0 Å². The van der Waals surface area contributed by atoms with Crippen LogP contribution in [0.3, 0.4) is 0 Å². The summed E-state index contributed by atoms with van der Waals surface area (Å²) >= 11 is 0. The monoisotopic (exact) mass is 350 g/mol. The van der Waals surface area contributed by atoms with Gasteiger partial charge in [-0.2, -0.15) is 0 Å². The van der Waals surface area contributed by atoms with Crippen molar-refractivity contribution in [3.05, 3.63) is 0 Å². The summed E-state index contributed by atoms with van der Waals surface area (Å²) in [6.07, 6.45) is -2.69. The highest BCUT2D eigenvalue weighted by Crippen LogP contribution is 2.24. The zero-order valence-electron chi connectivity index (χ0n) is 14.1. The molecule has 0 aromatic carbocycles. The molecule has 142 valence electrons. The molecule has 6 N–H and O–H groups in total. The van der Waals surface area contributed by atoms with Gasteiger partial charge in [0.05, 0.1) is 38.6 Å². The highest BCUT2D eigenvalue weighted by Gasteiger charge is 2.44. The number of nitrogens with two attached hydrogens (primary N) is 1. The number of rotatable bonds is 11. The summed E-state index contributed by atoms with van der Waals surface area (Å²) < 4.78 is 16.2. The van der Waals surface area contributed by atoms with Crippen LogP contribution in [0, 0.1) is 0 Å². The number of nitrogens with one attached hydrogen (secondary N) is 1. The SMILES string of the molecule is CC(=O)NC1[C@@H](O)[C@@H](O)[C@@H](CO)O[C@@H]1CCCOCCOCCN. The molecule has 1 saturated heterocycles. The number of carbonyl (C=O) groups is 1. The van der Waals surface area contributed by atoms with E-state index in [1.807, 2.05) is 0 Å². The Morgan fingerprint density at radius 2 is 1.79 bits per heavy atom. The fourth-order valence-corrected chi connectivity index (χ4v) is 2.65. The van der Waals surface area contributed by atoms with Gasteiger partial charge in [0, 0.05) is 20.1 Å². The number of aliphatic hydroxyl groups excluding tert-OH is 3. The predicted octanol–water partition coefficient (Wildman–Crippen LogP) is -2.26. The second-order valence-corrected chi connectivity index (χ2v) is 5.76. The van der Waals surface area contributed by atoms with Crippen molar-refractivity contribution in [2.75, 3.05) is 39.6 Å².